The van der Waals surface area contributed by atoms with Gasteiger partial charge in [0.2, 0.25) is 5.91 Å². The Labute approximate surface area is 126 Å². The van der Waals surface area contributed by atoms with Crippen molar-refractivity contribution in [2.75, 3.05) is 25.0 Å². The van der Waals surface area contributed by atoms with E-state index in [1.54, 1.807) is 13.0 Å². The molecule has 1 saturated carbocycles. The van der Waals surface area contributed by atoms with Crippen LogP contribution in [0.4, 0.5) is 5.82 Å². The lowest BCUT2D eigenvalue weighted by Crippen LogP contribution is -2.41. The number of hydrogen-bond donors (Lipinski definition) is 2. The molecule has 0 aliphatic heterocycles. The summed E-state index contributed by atoms with van der Waals surface area (Å²) in [5.74, 6) is 1.73. The van der Waals surface area contributed by atoms with E-state index in [0.29, 0.717) is 30.0 Å². The van der Waals surface area contributed by atoms with E-state index >= 15 is 0 Å². The van der Waals surface area contributed by atoms with Gasteiger partial charge in [0.05, 0.1) is 0 Å². The zero-order valence-electron chi connectivity index (χ0n) is 13.0. The maximum Gasteiger partial charge on any atom is 0.226 e. The van der Waals surface area contributed by atoms with Gasteiger partial charge in [-0.25, -0.2) is 0 Å². The van der Waals surface area contributed by atoms with Crippen LogP contribution in [0.15, 0.2) is 10.6 Å². The molecule has 6 heteroatoms. The Morgan fingerprint density at radius 1 is 1.57 bits per heavy atom. The molecule has 21 heavy (non-hydrogen) atoms. The molecule has 118 valence electrons. The fourth-order valence-corrected chi connectivity index (χ4v) is 3.21. The molecule has 1 aliphatic carbocycles. The van der Waals surface area contributed by atoms with Gasteiger partial charge in [0.25, 0.3) is 0 Å². The third kappa shape index (κ3) is 4.28. The average molecular weight is 294 g/mol. The normalized spacial score (nSPS) is 21.9. The van der Waals surface area contributed by atoms with Crippen LogP contribution in [-0.2, 0) is 4.79 Å². The first kappa shape index (κ1) is 16.0. The molecule has 2 unspecified atom stereocenters. The fourth-order valence-electron chi connectivity index (χ4n) is 3.21. The number of aryl methyl sites for hydroxylation is 1. The number of carbonyl (C=O) groups excluding carboxylic acids is 1. The number of rotatable bonds is 7. The fraction of sp³-hybridized carbons (Fsp3) is 0.733. The van der Waals surface area contributed by atoms with E-state index in [1.807, 2.05) is 0 Å². The average Bonchev–Trinajstić information content (AvgIpc) is 3.08. The van der Waals surface area contributed by atoms with Gasteiger partial charge in [-0.05, 0) is 38.8 Å². The minimum atomic E-state index is -0.0240. The molecule has 1 aromatic rings. The molecular formula is C15H26N4O2. The van der Waals surface area contributed by atoms with Crippen LogP contribution in [0.1, 0.15) is 38.4 Å². The predicted octanol–water partition coefficient (Wildman–Crippen LogP) is 1.76. The summed E-state index contributed by atoms with van der Waals surface area (Å²) in [5.41, 5.74) is 5.85. The van der Waals surface area contributed by atoms with Gasteiger partial charge in [-0.3, -0.25) is 9.69 Å². The van der Waals surface area contributed by atoms with Crippen LogP contribution < -0.4 is 11.1 Å². The minimum absolute atomic E-state index is 0.0240. The van der Waals surface area contributed by atoms with Gasteiger partial charge < -0.3 is 15.6 Å². The Kier molecular flexibility index (Phi) is 5.76. The number of amides is 1. The standard InChI is InChI=1S/C15H26N4O2/c1-3-19(13-6-4-5-12(13)10-16)8-7-15(20)17-14-9-11(2)21-18-14/h9,12-13H,3-8,10,16H2,1-2H3,(H,17,18,20). The van der Waals surface area contributed by atoms with Gasteiger partial charge >= 0.3 is 0 Å². The lowest BCUT2D eigenvalue weighted by Gasteiger charge is -2.31. The maximum atomic E-state index is 12.0. The first-order chi connectivity index (χ1) is 10.1. The van der Waals surface area contributed by atoms with Crippen molar-refractivity contribution in [3.05, 3.63) is 11.8 Å². The zero-order chi connectivity index (χ0) is 15.2. The smallest absolute Gasteiger partial charge is 0.226 e. The topological polar surface area (TPSA) is 84.4 Å². The summed E-state index contributed by atoms with van der Waals surface area (Å²) >= 11 is 0. The van der Waals surface area contributed by atoms with Gasteiger partial charge in [-0.15, -0.1) is 0 Å². The third-order valence-electron chi connectivity index (χ3n) is 4.32. The number of nitrogens with two attached hydrogens (primary N) is 1. The summed E-state index contributed by atoms with van der Waals surface area (Å²) < 4.78 is 4.93. The molecule has 6 nitrogen and oxygen atoms in total. The number of nitrogens with zero attached hydrogens (tertiary/aromatic N) is 2. The number of hydrogen-bond acceptors (Lipinski definition) is 5. The van der Waals surface area contributed by atoms with Crippen LogP contribution in [0.25, 0.3) is 0 Å². The van der Waals surface area contributed by atoms with E-state index in [1.165, 1.54) is 19.3 Å². The molecule has 2 atom stereocenters. The molecule has 0 saturated heterocycles. The quantitative estimate of drug-likeness (QED) is 0.800. The van der Waals surface area contributed by atoms with E-state index in [0.717, 1.165) is 19.6 Å². The van der Waals surface area contributed by atoms with E-state index in [-0.39, 0.29) is 5.91 Å². The number of aromatic nitrogens is 1. The molecule has 0 spiro atoms. The third-order valence-corrected chi connectivity index (χ3v) is 4.32. The zero-order valence-corrected chi connectivity index (χ0v) is 13.0. The largest absolute Gasteiger partial charge is 0.360 e. The monoisotopic (exact) mass is 294 g/mol. The lowest BCUT2D eigenvalue weighted by molar-refractivity contribution is -0.116. The SMILES string of the molecule is CCN(CCC(=O)Nc1cc(C)on1)C1CCCC1CN. The molecule has 1 aromatic heterocycles. The molecular weight excluding hydrogens is 268 g/mol. The molecule has 1 aliphatic rings. The Bertz CT molecular complexity index is 460. The molecule has 1 heterocycles. The summed E-state index contributed by atoms with van der Waals surface area (Å²) in [6.07, 6.45) is 4.11. The molecule has 3 N–H and O–H groups in total. The first-order valence-corrected chi connectivity index (χ1v) is 7.81. The van der Waals surface area contributed by atoms with E-state index < -0.39 is 0 Å². The van der Waals surface area contributed by atoms with Crippen molar-refractivity contribution in [2.24, 2.45) is 11.7 Å². The molecule has 0 radical (unpaired) electrons. The number of nitrogens with one attached hydrogen (secondary N) is 1. The highest BCUT2D eigenvalue weighted by Crippen LogP contribution is 2.29. The van der Waals surface area contributed by atoms with Crippen LogP contribution in [-0.4, -0.2) is 41.6 Å². The van der Waals surface area contributed by atoms with Crippen molar-refractivity contribution < 1.29 is 9.32 Å². The Morgan fingerprint density at radius 2 is 2.38 bits per heavy atom. The Morgan fingerprint density at radius 3 is 3.00 bits per heavy atom. The summed E-state index contributed by atoms with van der Waals surface area (Å²) in [6.45, 7) is 6.41. The lowest BCUT2D eigenvalue weighted by atomic mass is 10.0. The molecule has 0 bridgehead atoms. The van der Waals surface area contributed by atoms with E-state index in [4.69, 9.17) is 10.3 Å². The number of carbonyl (C=O) groups is 1. The van der Waals surface area contributed by atoms with E-state index in [9.17, 15) is 4.79 Å². The van der Waals surface area contributed by atoms with Gasteiger partial charge in [-0.2, -0.15) is 0 Å². The van der Waals surface area contributed by atoms with Crippen molar-refractivity contribution in [3.63, 3.8) is 0 Å². The van der Waals surface area contributed by atoms with Gasteiger partial charge in [-0.1, -0.05) is 18.5 Å². The summed E-state index contributed by atoms with van der Waals surface area (Å²) in [7, 11) is 0. The second-order valence-electron chi connectivity index (χ2n) is 5.74. The summed E-state index contributed by atoms with van der Waals surface area (Å²) in [6, 6.07) is 2.25. The Hall–Kier alpha value is -1.40. The molecule has 1 fully saturated rings. The highest BCUT2D eigenvalue weighted by Gasteiger charge is 2.30. The van der Waals surface area contributed by atoms with Crippen LogP contribution in [0.2, 0.25) is 0 Å². The molecule has 2 rings (SSSR count). The van der Waals surface area contributed by atoms with Crippen molar-refractivity contribution in [1.82, 2.24) is 10.1 Å². The second-order valence-corrected chi connectivity index (χ2v) is 5.74. The predicted molar refractivity (Wildman–Crippen MR) is 81.9 cm³/mol. The van der Waals surface area contributed by atoms with Crippen molar-refractivity contribution in [1.29, 1.82) is 0 Å². The molecule has 0 aromatic carbocycles. The van der Waals surface area contributed by atoms with Gasteiger partial charge in [0.15, 0.2) is 5.82 Å². The van der Waals surface area contributed by atoms with Crippen LogP contribution >= 0.6 is 0 Å². The van der Waals surface area contributed by atoms with Crippen molar-refractivity contribution in [2.45, 2.75) is 45.6 Å². The number of anilines is 1. The van der Waals surface area contributed by atoms with Gasteiger partial charge in [0.1, 0.15) is 5.76 Å². The van der Waals surface area contributed by atoms with Gasteiger partial charge in [0, 0.05) is 25.1 Å². The second kappa shape index (κ2) is 7.56. The first-order valence-electron chi connectivity index (χ1n) is 7.81. The summed E-state index contributed by atoms with van der Waals surface area (Å²) in [4.78, 5) is 14.4. The minimum Gasteiger partial charge on any atom is -0.360 e. The molecule has 1 amide bonds. The van der Waals surface area contributed by atoms with Crippen molar-refractivity contribution in [3.8, 4) is 0 Å². The van der Waals surface area contributed by atoms with Crippen LogP contribution in [0, 0.1) is 12.8 Å². The van der Waals surface area contributed by atoms with Crippen LogP contribution in [0.5, 0.6) is 0 Å². The van der Waals surface area contributed by atoms with E-state index in [2.05, 4.69) is 22.3 Å². The highest BCUT2D eigenvalue weighted by molar-refractivity contribution is 5.89. The highest BCUT2D eigenvalue weighted by atomic mass is 16.5. The van der Waals surface area contributed by atoms with Crippen molar-refractivity contribution >= 4 is 11.7 Å². The Balaban J connectivity index is 1.81. The van der Waals surface area contributed by atoms with Crippen LogP contribution in [0.3, 0.4) is 0 Å². The maximum absolute atomic E-state index is 12.0. The summed E-state index contributed by atoms with van der Waals surface area (Å²) in [5, 5.41) is 6.53.